The van der Waals surface area contributed by atoms with Gasteiger partial charge in [-0.15, -0.1) is 0 Å². The highest BCUT2D eigenvalue weighted by molar-refractivity contribution is 5.83. The van der Waals surface area contributed by atoms with E-state index in [1.165, 1.54) is 16.3 Å². The number of fused-ring (bicyclic) bond motifs is 1. The number of hydrogen-bond donors (Lipinski definition) is 2. The maximum Gasteiger partial charge on any atom is 0.0499 e. The van der Waals surface area contributed by atoms with Gasteiger partial charge >= 0.3 is 0 Å². The fraction of sp³-hybridized carbons (Fsp3) is 0.474. The van der Waals surface area contributed by atoms with Gasteiger partial charge in [-0.2, -0.15) is 0 Å². The molecule has 114 valence electrons. The van der Waals surface area contributed by atoms with E-state index in [0.29, 0.717) is 6.04 Å². The summed E-state index contributed by atoms with van der Waals surface area (Å²) < 4.78 is 0. The summed E-state index contributed by atoms with van der Waals surface area (Å²) in [7, 11) is 0. The van der Waals surface area contributed by atoms with Crippen LogP contribution in [0.5, 0.6) is 0 Å². The molecule has 0 amide bonds. The first-order valence-corrected chi connectivity index (χ1v) is 7.97. The molecule has 21 heavy (non-hydrogen) atoms. The van der Waals surface area contributed by atoms with Gasteiger partial charge < -0.3 is 10.4 Å². The number of aliphatic hydroxyl groups excluding tert-OH is 1. The molecule has 0 aliphatic rings. The third-order valence-electron chi connectivity index (χ3n) is 4.89. The molecule has 2 nitrogen and oxygen atoms in total. The van der Waals surface area contributed by atoms with Crippen molar-refractivity contribution in [3.8, 4) is 0 Å². The van der Waals surface area contributed by atoms with E-state index in [2.05, 4.69) is 68.6 Å². The van der Waals surface area contributed by atoms with Gasteiger partial charge in [-0.3, -0.25) is 0 Å². The Labute approximate surface area is 128 Å². The van der Waals surface area contributed by atoms with Crippen LogP contribution >= 0.6 is 0 Å². The molecule has 0 radical (unpaired) electrons. The standard InChI is InChI=1S/C19H27NO/c1-4-19(5-2,14-21)13-20-15(3)17-11-10-16-8-6-7-9-18(16)12-17/h6-12,15,20-21H,4-5,13-14H2,1-3H3. The van der Waals surface area contributed by atoms with Gasteiger partial charge in [-0.1, -0.05) is 50.2 Å². The van der Waals surface area contributed by atoms with E-state index in [4.69, 9.17) is 0 Å². The Balaban J connectivity index is 2.09. The predicted octanol–water partition coefficient (Wildman–Crippen LogP) is 4.29. The van der Waals surface area contributed by atoms with E-state index in [1.54, 1.807) is 0 Å². The van der Waals surface area contributed by atoms with Gasteiger partial charge in [-0.25, -0.2) is 0 Å². The van der Waals surface area contributed by atoms with E-state index >= 15 is 0 Å². The van der Waals surface area contributed by atoms with Gasteiger partial charge in [0.25, 0.3) is 0 Å². The lowest BCUT2D eigenvalue weighted by molar-refractivity contribution is 0.110. The van der Waals surface area contributed by atoms with Crippen molar-refractivity contribution in [1.82, 2.24) is 5.32 Å². The molecule has 2 rings (SSSR count). The summed E-state index contributed by atoms with van der Waals surface area (Å²) >= 11 is 0. The van der Waals surface area contributed by atoms with Crippen molar-refractivity contribution < 1.29 is 5.11 Å². The van der Waals surface area contributed by atoms with Crippen LogP contribution in [0.1, 0.15) is 45.2 Å². The average Bonchev–Trinajstić information content (AvgIpc) is 2.56. The molecule has 2 heteroatoms. The molecule has 0 bridgehead atoms. The summed E-state index contributed by atoms with van der Waals surface area (Å²) in [5.41, 5.74) is 1.30. The van der Waals surface area contributed by atoms with Crippen LogP contribution in [0, 0.1) is 5.41 Å². The normalized spacial score (nSPS) is 13.5. The highest BCUT2D eigenvalue weighted by atomic mass is 16.3. The molecule has 1 atom stereocenters. The molecule has 0 aliphatic carbocycles. The monoisotopic (exact) mass is 285 g/mol. The second kappa shape index (κ2) is 7.06. The first kappa shape index (κ1) is 16.0. The molecular weight excluding hydrogens is 258 g/mol. The van der Waals surface area contributed by atoms with Crippen LogP contribution in [0.25, 0.3) is 10.8 Å². The summed E-state index contributed by atoms with van der Waals surface area (Å²) in [4.78, 5) is 0. The summed E-state index contributed by atoms with van der Waals surface area (Å²) in [5, 5.41) is 15.8. The first-order chi connectivity index (χ1) is 10.1. The Morgan fingerprint density at radius 1 is 1.05 bits per heavy atom. The maximum atomic E-state index is 9.66. The van der Waals surface area contributed by atoms with E-state index in [-0.39, 0.29) is 12.0 Å². The Morgan fingerprint density at radius 2 is 1.71 bits per heavy atom. The Hall–Kier alpha value is -1.38. The van der Waals surface area contributed by atoms with Crippen LogP contribution in [0.4, 0.5) is 0 Å². The van der Waals surface area contributed by atoms with Gasteiger partial charge in [0.05, 0.1) is 0 Å². The molecule has 0 fully saturated rings. The third-order valence-corrected chi connectivity index (χ3v) is 4.89. The van der Waals surface area contributed by atoms with Crippen molar-refractivity contribution in [3.05, 3.63) is 48.0 Å². The zero-order valence-electron chi connectivity index (χ0n) is 13.4. The molecule has 0 spiro atoms. The number of benzene rings is 2. The van der Waals surface area contributed by atoms with E-state index in [9.17, 15) is 5.11 Å². The molecule has 0 aliphatic heterocycles. The number of aliphatic hydroxyl groups is 1. The topological polar surface area (TPSA) is 32.3 Å². The highest BCUT2D eigenvalue weighted by Crippen LogP contribution is 2.26. The van der Waals surface area contributed by atoms with Gasteiger partial charge in [0, 0.05) is 24.6 Å². The lowest BCUT2D eigenvalue weighted by Gasteiger charge is -2.31. The quantitative estimate of drug-likeness (QED) is 0.795. The van der Waals surface area contributed by atoms with Crippen molar-refractivity contribution >= 4 is 10.8 Å². The largest absolute Gasteiger partial charge is 0.396 e. The van der Waals surface area contributed by atoms with Crippen LogP contribution in [0.15, 0.2) is 42.5 Å². The zero-order chi connectivity index (χ0) is 15.3. The van der Waals surface area contributed by atoms with Gasteiger partial charge in [0.15, 0.2) is 0 Å². The van der Waals surface area contributed by atoms with Crippen LogP contribution in [0.3, 0.4) is 0 Å². The summed E-state index contributed by atoms with van der Waals surface area (Å²) in [6, 6.07) is 15.4. The lowest BCUT2D eigenvalue weighted by atomic mass is 9.83. The fourth-order valence-electron chi connectivity index (χ4n) is 2.74. The molecule has 2 aromatic rings. The fourth-order valence-corrected chi connectivity index (χ4v) is 2.74. The van der Waals surface area contributed by atoms with E-state index in [1.807, 2.05) is 0 Å². The Bertz CT molecular complexity index is 566. The number of rotatable bonds is 7. The van der Waals surface area contributed by atoms with Crippen LogP contribution in [0.2, 0.25) is 0 Å². The molecule has 0 aromatic heterocycles. The van der Waals surface area contributed by atoms with Crippen LogP contribution in [-0.4, -0.2) is 18.3 Å². The minimum Gasteiger partial charge on any atom is -0.396 e. The smallest absolute Gasteiger partial charge is 0.0499 e. The molecule has 0 saturated heterocycles. The molecule has 0 saturated carbocycles. The third kappa shape index (κ3) is 3.63. The minimum absolute atomic E-state index is 0.00507. The second-order valence-electron chi connectivity index (χ2n) is 6.07. The van der Waals surface area contributed by atoms with E-state index in [0.717, 1.165) is 19.4 Å². The van der Waals surface area contributed by atoms with Gasteiger partial charge in [-0.05, 0) is 42.2 Å². The minimum atomic E-state index is 0.00507. The Kier molecular flexibility index (Phi) is 5.38. The lowest BCUT2D eigenvalue weighted by Crippen LogP contribution is -2.37. The first-order valence-electron chi connectivity index (χ1n) is 7.97. The van der Waals surface area contributed by atoms with Crippen molar-refractivity contribution in [1.29, 1.82) is 0 Å². The average molecular weight is 285 g/mol. The molecule has 2 N–H and O–H groups in total. The van der Waals surface area contributed by atoms with Crippen molar-refractivity contribution in [2.45, 2.75) is 39.7 Å². The van der Waals surface area contributed by atoms with Crippen molar-refractivity contribution in [2.75, 3.05) is 13.2 Å². The summed E-state index contributed by atoms with van der Waals surface area (Å²) in [6.45, 7) is 7.60. The van der Waals surface area contributed by atoms with Gasteiger partial charge in [0.2, 0.25) is 0 Å². The van der Waals surface area contributed by atoms with Gasteiger partial charge in [0.1, 0.15) is 0 Å². The maximum absolute atomic E-state index is 9.66. The van der Waals surface area contributed by atoms with E-state index < -0.39 is 0 Å². The molecule has 0 heterocycles. The second-order valence-corrected chi connectivity index (χ2v) is 6.07. The van der Waals surface area contributed by atoms with Crippen LogP contribution in [-0.2, 0) is 0 Å². The molecule has 1 unspecified atom stereocenters. The molecule has 2 aromatic carbocycles. The predicted molar refractivity (Wildman–Crippen MR) is 90.5 cm³/mol. The Morgan fingerprint density at radius 3 is 2.33 bits per heavy atom. The van der Waals surface area contributed by atoms with Crippen LogP contribution < -0.4 is 5.32 Å². The number of nitrogens with one attached hydrogen (secondary N) is 1. The van der Waals surface area contributed by atoms with Crippen molar-refractivity contribution in [3.63, 3.8) is 0 Å². The van der Waals surface area contributed by atoms with Crippen molar-refractivity contribution in [2.24, 2.45) is 5.41 Å². The SMILES string of the molecule is CCC(CC)(CO)CNC(C)c1ccc2ccccc2c1. The number of hydrogen-bond acceptors (Lipinski definition) is 2. The summed E-state index contributed by atoms with van der Waals surface area (Å²) in [6.07, 6.45) is 1.99. The summed E-state index contributed by atoms with van der Waals surface area (Å²) in [5.74, 6) is 0. The highest BCUT2D eigenvalue weighted by Gasteiger charge is 2.25. The molecular formula is C19H27NO. The zero-order valence-corrected chi connectivity index (χ0v) is 13.4.